The van der Waals surface area contributed by atoms with E-state index in [2.05, 4.69) is 22.1 Å². The van der Waals surface area contributed by atoms with Gasteiger partial charge in [0.2, 0.25) is 0 Å². The molecule has 0 amide bonds. The highest BCUT2D eigenvalue weighted by atomic mass is 16.5. The Morgan fingerprint density at radius 2 is 2.50 bits per heavy atom. The topological polar surface area (TPSA) is 50.5 Å². The molecule has 1 aliphatic heterocycles. The average Bonchev–Trinajstić information content (AvgIpc) is 2.78. The Morgan fingerprint density at radius 1 is 1.62 bits per heavy atom. The molecule has 2 heterocycles. The van der Waals surface area contributed by atoms with E-state index < -0.39 is 0 Å². The van der Waals surface area contributed by atoms with Crippen molar-refractivity contribution in [1.29, 1.82) is 0 Å². The van der Waals surface area contributed by atoms with Gasteiger partial charge in [0, 0.05) is 13.1 Å². The first-order chi connectivity index (χ1) is 7.85. The molecule has 0 spiro atoms. The molecule has 1 aromatic heterocycles. The summed E-state index contributed by atoms with van der Waals surface area (Å²) in [6.07, 6.45) is 2.76. The highest BCUT2D eigenvalue weighted by Crippen LogP contribution is 2.20. The summed E-state index contributed by atoms with van der Waals surface area (Å²) in [5, 5.41) is 3.06. The van der Waals surface area contributed by atoms with E-state index in [9.17, 15) is 0 Å². The molecule has 0 radical (unpaired) electrons. The molecular weight excluding hydrogens is 206 g/mol. The molecule has 0 aromatic carbocycles. The fourth-order valence-corrected chi connectivity index (χ4v) is 1.94. The number of nitrogens with zero attached hydrogens (tertiary/aromatic N) is 2. The molecule has 0 bridgehead atoms. The van der Waals surface area contributed by atoms with Crippen molar-refractivity contribution in [3.8, 4) is 0 Å². The van der Waals surface area contributed by atoms with Crippen molar-refractivity contribution in [2.45, 2.75) is 25.9 Å². The maximum atomic E-state index is 5.51. The van der Waals surface area contributed by atoms with Gasteiger partial charge in [0.15, 0.2) is 0 Å². The number of hydrogen-bond acceptors (Lipinski definition) is 5. The van der Waals surface area contributed by atoms with Gasteiger partial charge in [-0.25, -0.2) is 0 Å². The maximum Gasteiger partial charge on any atom is 0.297 e. The normalized spacial score (nSPS) is 21.4. The van der Waals surface area contributed by atoms with Gasteiger partial charge in [-0.05, 0) is 13.5 Å². The number of aromatic nitrogens is 1. The third-order valence-corrected chi connectivity index (χ3v) is 2.84. The smallest absolute Gasteiger partial charge is 0.297 e. The molecule has 5 nitrogen and oxygen atoms in total. The number of nitrogens with one attached hydrogen (secondary N) is 1. The number of oxazole rings is 1. The molecule has 1 unspecified atom stereocenters. The highest BCUT2D eigenvalue weighted by molar-refractivity contribution is 5.29. The van der Waals surface area contributed by atoms with Crippen LogP contribution in [0.4, 0.5) is 6.01 Å². The number of anilines is 1. The lowest BCUT2D eigenvalue weighted by atomic mass is 10.2. The minimum absolute atomic E-state index is 0.384. The molecule has 5 heteroatoms. The second kappa shape index (κ2) is 5.32. The van der Waals surface area contributed by atoms with Crippen molar-refractivity contribution in [3.05, 3.63) is 12.0 Å². The summed E-state index contributed by atoms with van der Waals surface area (Å²) in [7, 11) is 1.90. The highest BCUT2D eigenvalue weighted by Gasteiger charge is 2.25. The maximum absolute atomic E-state index is 5.51. The summed E-state index contributed by atoms with van der Waals surface area (Å²) in [5.41, 5.74) is 0.943. The van der Waals surface area contributed by atoms with Crippen molar-refractivity contribution >= 4 is 6.01 Å². The van der Waals surface area contributed by atoms with Crippen LogP contribution in [0.15, 0.2) is 10.7 Å². The largest absolute Gasteiger partial charge is 0.432 e. The fourth-order valence-electron chi connectivity index (χ4n) is 1.94. The molecule has 1 aromatic rings. The summed E-state index contributed by atoms with van der Waals surface area (Å²) >= 11 is 0. The van der Waals surface area contributed by atoms with E-state index in [0.717, 1.165) is 44.4 Å². The predicted octanol–water partition coefficient (Wildman–Crippen LogP) is 1.01. The molecule has 0 aliphatic carbocycles. The number of hydrogen-bond donors (Lipinski definition) is 1. The lowest BCUT2D eigenvalue weighted by molar-refractivity contribution is 0.0901. The van der Waals surface area contributed by atoms with E-state index >= 15 is 0 Å². The minimum Gasteiger partial charge on any atom is -0.432 e. The Morgan fingerprint density at radius 3 is 3.25 bits per heavy atom. The van der Waals surface area contributed by atoms with Crippen molar-refractivity contribution in [2.75, 3.05) is 31.7 Å². The lowest BCUT2D eigenvalue weighted by Gasteiger charge is -2.33. The number of rotatable bonds is 4. The first kappa shape index (κ1) is 11.4. The SMILES string of the molecule is CCC1COCCN1c1nc(CNC)co1. The van der Waals surface area contributed by atoms with Crippen LogP contribution in [0.5, 0.6) is 0 Å². The Hall–Kier alpha value is -1.07. The quantitative estimate of drug-likeness (QED) is 0.828. The van der Waals surface area contributed by atoms with Gasteiger partial charge >= 0.3 is 0 Å². The zero-order chi connectivity index (χ0) is 11.4. The van der Waals surface area contributed by atoms with Gasteiger partial charge in [-0.15, -0.1) is 0 Å². The molecule has 1 aliphatic rings. The van der Waals surface area contributed by atoms with Crippen molar-refractivity contribution < 1.29 is 9.15 Å². The van der Waals surface area contributed by atoms with Crippen molar-refractivity contribution in [3.63, 3.8) is 0 Å². The van der Waals surface area contributed by atoms with E-state index in [1.807, 2.05) is 7.05 Å². The molecule has 16 heavy (non-hydrogen) atoms. The zero-order valence-corrected chi connectivity index (χ0v) is 9.90. The third-order valence-electron chi connectivity index (χ3n) is 2.84. The van der Waals surface area contributed by atoms with Crippen LogP contribution in [0.1, 0.15) is 19.0 Å². The first-order valence-electron chi connectivity index (χ1n) is 5.78. The number of morpholine rings is 1. The van der Waals surface area contributed by atoms with Gasteiger partial charge in [0.25, 0.3) is 6.01 Å². The second-order valence-corrected chi connectivity index (χ2v) is 3.98. The summed E-state index contributed by atoms with van der Waals surface area (Å²) in [6.45, 7) is 5.27. The van der Waals surface area contributed by atoms with Crippen LogP contribution in [-0.4, -0.2) is 37.8 Å². The number of ether oxygens (including phenoxy) is 1. The molecule has 1 fully saturated rings. The van der Waals surface area contributed by atoms with Gasteiger partial charge in [-0.2, -0.15) is 4.98 Å². The lowest BCUT2D eigenvalue weighted by Crippen LogP contribution is -2.45. The monoisotopic (exact) mass is 225 g/mol. The van der Waals surface area contributed by atoms with Crippen LogP contribution >= 0.6 is 0 Å². The van der Waals surface area contributed by atoms with Crippen LogP contribution in [0.3, 0.4) is 0 Å². The van der Waals surface area contributed by atoms with Crippen LogP contribution in [0.25, 0.3) is 0 Å². The Labute approximate surface area is 95.8 Å². The van der Waals surface area contributed by atoms with Gasteiger partial charge in [-0.3, -0.25) is 0 Å². The average molecular weight is 225 g/mol. The van der Waals surface area contributed by atoms with Gasteiger partial charge in [0.05, 0.1) is 24.9 Å². The molecular formula is C11H19N3O2. The minimum atomic E-state index is 0.384. The summed E-state index contributed by atoms with van der Waals surface area (Å²) in [4.78, 5) is 6.66. The van der Waals surface area contributed by atoms with Gasteiger partial charge in [0.1, 0.15) is 6.26 Å². The first-order valence-corrected chi connectivity index (χ1v) is 5.78. The molecule has 1 saturated heterocycles. The van der Waals surface area contributed by atoms with Gasteiger partial charge < -0.3 is 19.4 Å². The van der Waals surface area contributed by atoms with Gasteiger partial charge in [-0.1, -0.05) is 6.92 Å². The van der Waals surface area contributed by atoms with Crippen molar-refractivity contribution in [1.82, 2.24) is 10.3 Å². The summed E-state index contributed by atoms with van der Waals surface area (Å²) in [5.74, 6) is 0. The molecule has 1 N–H and O–H groups in total. The summed E-state index contributed by atoms with van der Waals surface area (Å²) < 4.78 is 11.0. The van der Waals surface area contributed by atoms with Crippen LogP contribution in [0.2, 0.25) is 0 Å². The molecule has 90 valence electrons. The van der Waals surface area contributed by atoms with E-state index in [4.69, 9.17) is 9.15 Å². The van der Waals surface area contributed by atoms with E-state index in [-0.39, 0.29) is 0 Å². The fraction of sp³-hybridized carbons (Fsp3) is 0.727. The van der Waals surface area contributed by atoms with Crippen LogP contribution < -0.4 is 10.2 Å². The van der Waals surface area contributed by atoms with E-state index in [1.165, 1.54) is 0 Å². The van der Waals surface area contributed by atoms with E-state index in [1.54, 1.807) is 6.26 Å². The zero-order valence-electron chi connectivity index (χ0n) is 9.90. The second-order valence-electron chi connectivity index (χ2n) is 3.98. The Kier molecular flexibility index (Phi) is 3.79. The third kappa shape index (κ3) is 2.36. The Balaban J connectivity index is 2.08. The Bertz CT molecular complexity index is 327. The van der Waals surface area contributed by atoms with Crippen LogP contribution in [-0.2, 0) is 11.3 Å². The molecule has 1 atom stereocenters. The van der Waals surface area contributed by atoms with Crippen LogP contribution in [0, 0.1) is 0 Å². The van der Waals surface area contributed by atoms with Crippen molar-refractivity contribution in [2.24, 2.45) is 0 Å². The standard InChI is InChI=1S/C11H19N3O2/c1-3-10-8-15-5-4-14(10)11-13-9(6-12-2)7-16-11/h7,10,12H,3-6,8H2,1-2H3. The molecule has 0 saturated carbocycles. The molecule has 2 rings (SSSR count). The van der Waals surface area contributed by atoms with E-state index in [0.29, 0.717) is 6.04 Å². The predicted molar refractivity (Wildman–Crippen MR) is 61.5 cm³/mol. The summed E-state index contributed by atoms with van der Waals surface area (Å²) in [6, 6.07) is 1.11.